The highest BCUT2D eigenvalue weighted by atomic mass is 19.1. The van der Waals surface area contributed by atoms with Crippen molar-refractivity contribution in [2.24, 2.45) is 11.3 Å². The van der Waals surface area contributed by atoms with Gasteiger partial charge in [0.1, 0.15) is 12.1 Å². The number of ether oxygens (including phenoxy) is 1. The second-order valence-corrected chi connectivity index (χ2v) is 9.75. The topological polar surface area (TPSA) is 117 Å². The first-order valence-electron chi connectivity index (χ1n) is 11.6. The third-order valence-corrected chi connectivity index (χ3v) is 7.24. The lowest BCUT2D eigenvalue weighted by molar-refractivity contribution is -0.137. The number of imide groups is 1. The Hall–Kier alpha value is -3.17. The highest BCUT2D eigenvalue weighted by Gasteiger charge is 2.53. The van der Waals surface area contributed by atoms with Crippen LogP contribution in [0, 0.1) is 17.2 Å². The van der Waals surface area contributed by atoms with Crippen LogP contribution in [0.1, 0.15) is 59.8 Å². The fourth-order valence-corrected chi connectivity index (χ4v) is 4.54. The van der Waals surface area contributed by atoms with Crippen molar-refractivity contribution in [3.63, 3.8) is 0 Å². The molecule has 5 amide bonds. The highest BCUT2D eigenvalue weighted by Crippen LogP contribution is 2.45. The number of carbonyl (C=O) groups excluding carboxylic acids is 4. The Bertz CT molecular complexity index is 958. The quantitative estimate of drug-likeness (QED) is 0.413. The molecule has 0 aromatic heterocycles. The third-order valence-electron chi connectivity index (χ3n) is 7.24. The lowest BCUT2D eigenvalue weighted by atomic mass is 9.65. The van der Waals surface area contributed by atoms with Crippen LogP contribution in [0.15, 0.2) is 24.3 Å². The van der Waals surface area contributed by atoms with Crippen LogP contribution in [0.5, 0.6) is 5.75 Å². The molecule has 1 heterocycles. The van der Waals surface area contributed by atoms with E-state index in [9.17, 15) is 23.6 Å². The summed E-state index contributed by atoms with van der Waals surface area (Å²) in [5.41, 5.74) is 3.54. The van der Waals surface area contributed by atoms with E-state index in [2.05, 4.69) is 36.9 Å². The van der Waals surface area contributed by atoms with Gasteiger partial charge in [-0.05, 0) is 56.1 Å². The summed E-state index contributed by atoms with van der Waals surface area (Å²) in [6.45, 7) is 7.46. The lowest BCUT2D eigenvalue weighted by Crippen LogP contribution is -2.52. The maximum Gasteiger partial charge on any atom is 0.325 e. The molecule has 1 saturated heterocycles. The Balaban J connectivity index is 1.50. The summed E-state index contributed by atoms with van der Waals surface area (Å²) >= 11 is 0. The Morgan fingerprint density at radius 1 is 1.24 bits per heavy atom. The van der Waals surface area contributed by atoms with Gasteiger partial charge >= 0.3 is 6.03 Å². The van der Waals surface area contributed by atoms with E-state index in [4.69, 9.17) is 4.74 Å². The number of hydrogen-bond donors (Lipinski definition) is 3. The average Bonchev–Trinajstić information content (AvgIpc) is 3.03. The highest BCUT2D eigenvalue weighted by molar-refractivity contribution is 6.09. The Labute approximate surface area is 198 Å². The molecule has 1 aromatic carbocycles. The van der Waals surface area contributed by atoms with E-state index in [0.29, 0.717) is 18.8 Å². The zero-order chi connectivity index (χ0) is 25.1. The molecule has 0 bridgehead atoms. The molecular formula is C24H33FN4O5. The van der Waals surface area contributed by atoms with E-state index < -0.39 is 47.8 Å². The smallest absolute Gasteiger partial charge is 0.325 e. The summed E-state index contributed by atoms with van der Waals surface area (Å²) in [5, 5.41) is 2.79. The van der Waals surface area contributed by atoms with E-state index >= 15 is 0 Å². The van der Waals surface area contributed by atoms with Crippen LogP contribution in [0.3, 0.4) is 0 Å². The zero-order valence-corrected chi connectivity index (χ0v) is 20.1. The van der Waals surface area contributed by atoms with E-state index in [1.54, 1.807) is 6.07 Å². The third kappa shape index (κ3) is 5.31. The fraction of sp³-hybridized carbons (Fsp3) is 0.583. The number of hydrazine groups is 1. The first kappa shape index (κ1) is 25.5. The maximum absolute atomic E-state index is 13.7. The number of para-hydroxylation sites is 1. The first-order valence-corrected chi connectivity index (χ1v) is 11.6. The molecule has 1 aliphatic carbocycles. The summed E-state index contributed by atoms with van der Waals surface area (Å²) in [5.74, 6) is -2.13. The Morgan fingerprint density at radius 2 is 1.88 bits per heavy atom. The molecule has 9 nitrogen and oxygen atoms in total. The SMILES string of the molecule is CCC(C)(C)C1CCC2(CC1)NC(=O)N(CC(=O)NNC(=O)[C@@H](C)Oc1ccccc1F)C2=O. The van der Waals surface area contributed by atoms with Crippen LogP contribution >= 0.6 is 0 Å². The molecule has 0 radical (unpaired) electrons. The Kier molecular flexibility index (Phi) is 7.48. The van der Waals surface area contributed by atoms with Crippen LogP contribution in [0.25, 0.3) is 0 Å². The zero-order valence-electron chi connectivity index (χ0n) is 20.1. The molecule has 2 aliphatic rings. The van der Waals surface area contributed by atoms with Gasteiger partial charge < -0.3 is 10.1 Å². The molecule has 10 heteroatoms. The van der Waals surface area contributed by atoms with Crippen molar-refractivity contribution >= 4 is 23.8 Å². The van der Waals surface area contributed by atoms with E-state index in [-0.39, 0.29) is 11.2 Å². The lowest BCUT2D eigenvalue weighted by Gasteiger charge is -2.42. The van der Waals surface area contributed by atoms with Gasteiger partial charge in [-0.3, -0.25) is 30.1 Å². The van der Waals surface area contributed by atoms with Gasteiger partial charge in [-0.2, -0.15) is 0 Å². The number of benzene rings is 1. The predicted molar refractivity (Wildman–Crippen MR) is 122 cm³/mol. The van der Waals surface area contributed by atoms with Crippen LogP contribution < -0.4 is 20.9 Å². The number of nitrogens with one attached hydrogen (secondary N) is 3. The van der Waals surface area contributed by atoms with Gasteiger partial charge in [0.25, 0.3) is 17.7 Å². The van der Waals surface area contributed by atoms with Gasteiger partial charge in [0, 0.05) is 0 Å². The van der Waals surface area contributed by atoms with E-state index in [0.717, 1.165) is 24.2 Å². The number of carbonyl (C=O) groups is 4. The van der Waals surface area contributed by atoms with Gasteiger partial charge in [0.2, 0.25) is 0 Å². The number of hydrogen-bond acceptors (Lipinski definition) is 5. The average molecular weight is 477 g/mol. The van der Waals surface area contributed by atoms with Gasteiger partial charge in [-0.15, -0.1) is 0 Å². The molecule has 1 atom stereocenters. The van der Waals surface area contributed by atoms with E-state index in [1.165, 1.54) is 25.1 Å². The molecule has 1 aromatic rings. The number of halogens is 1. The van der Waals surface area contributed by atoms with Crippen LogP contribution in [-0.2, 0) is 14.4 Å². The second-order valence-electron chi connectivity index (χ2n) is 9.75. The van der Waals surface area contributed by atoms with Crippen molar-refractivity contribution < 1.29 is 28.3 Å². The molecule has 34 heavy (non-hydrogen) atoms. The van der Waals surface area contributed by atoms with Gasteiger partial charge in [0.05, 0.1) is 0 Å². The number of urea groups is 1. The van der Waals surface area contributed by atoms with Crippen molar-refractivity contribution in [2.75, 3.05) is 6.54 Å². The second kappa shape index (κ2) is 9.99. The van der Waals surface area contributed by atoms with Crippen molar-refractivity contribution in [2.45, 2.75) is 71.4 Å². The van der Waals surface area contributed by atoms with Gasteiger partial charge in [-0.25, -0.2) is 9.18 Å². The summed E-state index contributed by atoms with van der Waals surface area (Å²) in [4.78, 5) is 50.9. The molecular weight excluding hydrogens is 443 g/mol. The minimum Gasteiger partial charge on any atom is -0.478 e. The number of amides is 5. The van der Waals surface area contributed by atoms with Crippen molar-refractivity contribution in [3.05, 3.63) is 30.1 Å². The summed E-state index contributed by atoms with van der Waals surface area (Å²) in [6.07, 6.45) is 2.65. The van der Waals surface area contributed by atoms with Gasteiger partial charge in [0.15, 0.2) is 17.7 Å². The number of rotatable bonds is 7. The summed E-state index contributed by atoms with van der Waals surface area (Å²) in [7, 11) is 0. The molecule has 2 fully saturated rings. The monoisotopic (exact) mass is 476 g/mol. The summed E-state index contributed by atoms with van der Waals surface area (Å²) < 4.78 is 18.9. The minimum absolute atomic E-state index is 0.0989. The fourth-order valence-electron chi connectivity index (χ4n) is 4.54. The molecule has 3 N–H and O–H groups in total. The predicted octanol–water partition coefficient (Wildman–Crippen LogP) is 2.66. The molecule has 0 unspecified atom stereocenters. The molecule has 186 valence electrons. The molecule has 1 saturated carbocycles. The van der Waals surface area contributed by atoms with Crippen LogP contribution in [-0.4, -0.2) is 46.8 Å². The standard InChI is InChI=1S/C24H33FN4O5/c1-5-23(3,4)16-10-12-24(13-11-16)21(32)29(22(33)26-24)14-19(30)27-28-20(31)15(2)34-18-9-7-6-8-17(18)25/h6-9,15-16H,5,10-14H2,1-4H3,(H,26,33)(H,27,30)(H,28,31)/t15-,16?,24?/m1/s1. The summed E-state index contributed by atoms with van der Waals surface area (Å²) in [6, 6.07) is 5.01. The van der Waals surface area contributed by atoms with E-state index in [1.807, 2.05) is 0 Å². The molecule has 3 rings (SSSR count). The van der Waals surface area contributed by atoms with Crippen molar-refractivity contribution in [1.29, 1.82) is 0 Å². The minimum atomic E-state index is -1.10. The number of nitrogens with zero attached hydrogens (tertiary/aromatic N) is 1. The Morgan fingerprint density at radius 3 is 2.50 bits per heavy atom. The largest absolute Gasteiger partial charge is 0.478 e. The van der Waals surface area contributed by atoms with Crippen LogP contribution in [0.4, 0.5) is 9.18 Å². The maximum atomic E-state index is 13.7. The first-order chi connectivity index (χ1) is 16.0. The van der Waals surface area contributed by atoms with Crippen molar-refractivity contribution in [1.82, 2.24) is 21.1 Å². The van der Waals surface area contributed by atoms with Gasteiger partial charge in [-0.1, -0.05) is 39.3 Å². The molecule has 1 spiro atoms. The normalized spacial score (nSPS) is 23.4. The van der Waals surface area contributed by atoms with Crippen molar-refractivity contribution in [3.8, 4) is 5.75 Å². The molecule has 1 aliphatic heterocycles. The van der Waals surface area contributed by atoms with Crippen LogP contribution in [0.2, 0.25) is 0 Å².